The van der Waals surface area contributed by atoms with Crippen LogP contribution in [-0.4, -0.2) is 51.2 Å². The van der Waals surface area contributed by atoms with E-state index in [1.165, 1.54) is 40.9 Å². The van der Waals surface area contributed by atoms with Crippen LogP contribution in [0.25, 0.3) is 0 Å². The predicted octanol–water partition coefficient (Wildman–Crippen LogP) is 2.49. The number of alkyl carbamates (subject to hydrolysis) is 1. The summed E-state index contributed by atoms with van der Waals surface area (Å²) in [6, 6.07) is 5.61. The molecule has 0 aliphatic carbocycles. The Morgan fingerprint density at radius 1 is 1.37 bits per heavy atom. The van der Waals surface area contributed by atoms with Crippen molar-refractivity contribution in [2.45, 2.75) is 32.4 Å². The molecule has 0 bridgehead atoms. The van der Waals surface area contributed by atoms with Gasteiger partial charge < -0.3 is 20.1 Å². The van der Waals surface area contributed by atoms with Gasteiger partial charge in [0.25, 0.3) is 5.69 Å². The van der Waals surface area contributed by atoms with Crippen molar-refractivity contribution in [1.29, 1.82) is 0 Å². The average molecular weight is 435 g/mol. The fourth-order valence-corrected chi connectivity index (χ4v) is 4.63. The summed E-state index contributed by atoms with van der Waals surface area (Å²) in [5, 5.41) is 22.7. The molecule has 1 fully saturated rings. The van der Waals surface area contributed by atoms with Crippen molar-refractivity contribution in [3.8, 4) is 0 Å². The fraction of sp³-hybridized carbons (Fsp3) is 0.421. The van der Waals surface area contributed by atoms with Crippen molar-refractivity contribution in [2.75, 3.05) is 12.3 Å². The fourth-order valence-electron chi connectivity index (χ4n) is 3.57. The highest BCUT2D eigenvalue weighted by Crippen LogP contribution is 2.46. The van der Waals surface area contributed by atoms with Gasteiger partial charge in [0.1, 0.15) is 12.3 Å². The molecule has 1 aromatic rings. The highest BCUT2D eigenvalue weighted by atomic mass is 32.2. The Hall–Kier alpha value is -3.08. The molecule has 2 amide bonds. The zero-order valence-electron chi connectivity index (χ0n) is 16.2. The van der Waals surface area contributed by atoms with Gasteiger partial charge in [0.2, 0.25) is 5.91 Å². The number of nitrogens with one attached hydrogen (secondary N) is 1. The second-order valence-electron chi connectivity index (χ2n) is 6.85. The first kappa shape index (κ1) is 21.6. The van der Waals surface area contributed by atoms with Crippen molar-refractivity contribution in [3.63, 3.8) is 0 Å². The second kappa shape index (κ2) is 9.16. The number of nitrogens with zero attached hydrogens (tertiary/aromatic N) is 2. The Morgan fingerprint density at radius 3 is 2.67 bits per heavy atom. The number of thioether (sulfide) groups is 1. The third-order valence-electron chi connectivity index (χ3n) is 5.06. The summed E-state index contributed by atoms with van der Waals surface area (Å²) in [5.41, 5.74) is 0.631. The van der Waals surface area contributed by atoms with E-state index >= 15 is 0 Å². The Balaban J connectivity index is 1.42. The molecule has 1 aromatic carbocycles. The first-order valence-electron chi connectivity index (χ1n) is 9.39. The molecule has 2 aliphatic heterocycles. The molecule has 0 aromatic heterocycles. The molecular formula is C19H21N3O7S. The number of hydrogen-bond acceptors (Lipinski definition) is 7. The summed E-state index contributed by atoms with van der Waals surface area (Å²) in [4.78, 5) is 47.6. The number of nitro groups is 1. The first-order valence-corrected chi connectivity index (χ1v) is 10.4. The van der Waals surface area contributed by atoms with E-state index in [0.717, 1.165) is 0 Å². The van der Waals surface area contributed by atoms with Gasteiger partial charge in [-0.2, -0.15) is 0 Å². The third-order valence-corrected chi connectivity index (χ3v) is 6.17. The van der Waals surface area contributed by atoms with E-state index in [4.69, 9.17) is 4.74 Å². The first-order chi connectivity index (χ1) is 14.3. The zero-order valence-corrected chi connectivity index (χ0v) is 17.0. The highest BCUT2D eigenvalue weighted by molar-refractivity contribution is 8.03. The van der Waals surface area contributed by atoms with Crippen LogP contribution in [-0.2, 0) is 20.9 Å². The summed E-state index contributed by atoms with van der Waals surface area (Å²) >= 11 is 1.31. The number of carboxylic acid groups (broad SMARTS) is 1. The maximum absolute atomic E-state index is 12.1. The summed E-state index contributed by atoms with van der Waals surface area (Å²) in [5.74, 6) is -0.934. The normalized spacial score (nSPS) is 19.9. The Morgan fingerprint density at radius 2 is 2.07 bits per heavy atom. The van der Waals surface area contributed by atoms with Crippen LogP contribution in [0, 0.1) is 16.0 Å². The van der Waals surface area contributed by atoms with Gasteiger partial charge in [-0.25, -0.2) is 9.59 Å². The lowest BCUT2D eigenvalue weighted by Gasteiger charge is -2.42. The molecule has 160 valence electrons. The molecule has 0 spiro atoms. The minimum Gasteiger partial charge on any atom is -0.477 e. The van der Waals surface area contributed by atoms with E-state index in [2.05, 4.69) is 5.32 Å². The topological polar surface area (TPSA) is 139 Å². The van der Waals surface area contributed by atoms with Crippen molar-refractivity contribution < 1.29 is 29.2 Å². The Labute approximate surface area is 176 Å². The predicted molar refractivity (Wildman–Crippen MR) is 107 cm³/mol. The van der Waals surface area contributed by atoms with Crippen molar-refractivity contribution >= 4 is 35.4 Å². The summed E-state index contributed by atoms with van der Waals surface area (Å²) in [7, 11) is 0. The number of rotatable bonds is 9. The van der Waals surface area contributed by atoms with Crippen LogP contribution in [0.3, 0.4) is 0 Å². The van der Waals surface area contributed by atoms with Crippen LogP contribution in [0.15, 0.2) is 34.9 Å². The largest absolute Gasteiger partial charge is 0.477 e. The number of non-ortho nitro benzene ring substituents is 1. The monoisotopic (exact) mass is 435 g/mol. The van der Waals surface area contributed by atoms with E-state index < -0.39 is 17.0 Å². The van der Waals surface area contributed by atoms with Gasteiger partial charge in [-0.15, -0.1) is 11.8 Å². The average Bonchev–Trinajstić information content (AvgIpc) is 3.05. The molecule has 0 radical (unpaired) electrons. The Kier molecular flexibility index (Phi) is 6.60. The van der Waals surface area contributed by atoms with Crippen LogP contribution in [0.4, 0.5) is 10.5 Å². The number of aliphatic carboxylic acids is 1. The van der Waals surface area contributed by atoms with Gasteiger partial charge in [0.15, 0.2) is 0 Å². The number of carbonyl (C=O) groups excluding carboxylic acids is 2. The van der Waals surface area contributed by atoms with Crippen LogP contribution < -0.4 is 5.32 Å². The Bertz CT molecular complexity index is 900. The number of ether oxygens (including phenoxy) is 1. The minimum atomic E-state index is -1.11. The number of carboxylic acids is 1. The third kappa shape index (κ3) is 4.40. The van der Waals surface area contributed by atoms with Crippen molar-refractivity contribution in [1.82, 2.24) is 10.2 Å². The molecule has 2 aliphatic rings. The van der Waals surface area contributed by atoms with E-state index in [-0.39, 0.29) is 42.4 Å². The summed E-state index contributed by atoms with van der Waals surface area (Å²) in [6.07, 6.45) is 0.576. The molecule has 2 N–H and O–H groups in total. The van der Waals surface area contributed by atoms with Gasteiger partial charge in [-0.1, -0.05) is 6.92 Å². The standard InChI is InChI=1S/C19H21N3O7S/c1-2-13-14-9-15(16(18(24)25)21(14)17(13)23)30-8-7-20-19(26)29-10-11-3-5-12(6-4-11)22(27)28/h3-6,13-14H,2,7-10H2,1H3,(H,20,26)(H,24,25). The molecule has 11 heteroatoms. The van der Waals surface area contributed by atoms with Crippen LogP contribution in [0.1, 0.15) is 25.3 Å². The van der Waals surface area contributed by atoms with E-state index in [1.54, 1.807) is 0 Å². The molecule has 1 saturated heterocycles. The highest BCUT2D eigenvalue weighted by Gasteiger charge is 2.54. The second-order valence-corrected chi connectivity index (χ2v) is 8.04. The van der Waals surface area contributed by atoms with E-state index in [1.807, 2.05) is 6.92 Å². The van der Waals surface area contributed by atoms with E-state index in [9.17, 15) is 29.6 Å². The van der Waals surface area contributed by atoms with Gasteiger partial charge in [0, 0.05) is 35.8 Å². The molecule has 30 heavy (non-hydrogen) atoms. The number of fused-ring (bicyclic) bond motifs is 1. The van der Waals surface area contributed by atoms with Crippen molar-refractivity contribution in [3.05, 3.63) is 50.5 Å². The number of carbonyl (C=O) groups is 3. The van der Waals surface area contributed by atoms with Crippen molar-refractivity contribution in [2.24, 2.45) is 5.92 Å². The molecule has 0 saturated carbocycles. The van der Waals surface area contributed by atoms with Gasteiger partial charge in [-0.3, -0.25) is 14.9 Å². The van der Waals surface area contributed by atoms with Gasteiger partial charge >= 0.3 is 12.1 Å². The lowest BCUT2D eigenvalue weighted by atomic mass is 9.85. The number of nitro benzene ring substituents is 1. The number of amides is 2. The van der Waals surface area contributed by atoms with E-state index in [0.29, 0.717) is 29.1 Å². The number of β-lactam (4-membered cyclic amide) rings is 1. The maximum atomic E-state index is 12.1. The zero-order chi connectivity index (χ0) is 21.8. The molecule has 10 nitrogen and oxygen atoms in total. The van der Waals surface area contributed by atoms with Crippen LogP contribution in [0.2, 0.25) is 0 Å². The molecule has 3 rings (SSSR count). The number of hydrogen-bond donors (Lipinski definition) is 2. The molecular weight excluding hydrogens is 414 g/mol. The maximum Gasteiger partial charge on any atom is 0.407 e. The van der Waals surface area contributed by atoms with Crippen LogP contribution >= 0.6 is 11.8 Å². The SMILES string of the molecule is CCC1C(=O)N2C(C(=O)O)=C(SCCNC(=O)OCc3ccc([N+](=O)[O-])cc3)CC12. The summed E-state index contributed by atoms with van der Waals surface area (Å²) in [6.45, 7) is 2.15. The van der Waals surface area contributed by atoms with Gasteiger partial charge in [-0.05, 0) is 24.1 Å². The lowest BCUT2D eigenvalue weighted by Crippen LogP contribution is -2.58. The smallest absolute Gasteiger partial charge is 0.407 e. The molecule has 2 unspecified atom stereocenters. The number of benzene rings is 1. The lowest BCUT2D eigenvalue weighted by molar-refractivity contribution is -0.384. The summed E-state index contributed by atoms with van der Waals surface area (Å²) < 4.78 is 5.06. The molecule has 2 heterocycles. The minimum absolute atomic E-state index is 0.0254. The van der Waals surface area contributed by atoms with Crippen LogP contribution in [0.5, 0.6) is 0 Å². The quantitative estimate of drug-likeness (QED) is 0.261. The molecule has 2 atom stereocenters. The van der Waals surface area contributed by atoms with Gasteiger partial charge in [0.05, 0.1) is 16.9 Å².